The molecule has 560 valence electrons. The summed E-state index contributed by atoms with van der Waals surface area (Å²) in [4.78, 5) is 72.7. The number of unbranched alkanes of at least 4 members (excludes halogenated alkanes) is 37. The van der Waals surface area contributed by atoms with Crippen molar-refractivity contribution in [1.82, 2.24) is 0 Å². The highest BCUT2D eigenvalue weighted by Crippen LogP contribution is 2.45. The number of carbonyl (C=O) groups is 4. The molecule has 0 aliphatic heterocycles. The lowest BCUT2D eigenvalue weighted by molar-refractivity contribution is -0.161. The van der Waals surface area contributed by atoms with Crippen molar-refractivity contribution >= 4 is 39.5 Å². The fraction of sp³-hybridized carbons (Fsp3) is 0.818. The Morgan fingerprint density at radius 1 is 0.292 bits per heavy atom. The van der Waals surface area contributed by atoms with Crippen LogP contribution < -0.4 is 0 Å². The number of aliphatic hydroxyl groups is 1. The van der Waals surface area contributed by atoms with Gasteiger partial charge in [-0.05, 0) is 103 Å². The highest BCUT2D eigenvalue weighted by atomic mass is 31.2. The van der Waals surface area contributed by atoms with Crippen LogP contribution in [0.3, 0.4) is 0 Å². The van der Waals surface area contributed by atoms with Gasteiger partial charge >= 0.3 is 39.5 Å². The molecule has 0 aromatic rings. The van der Waals surface area contributed by atoms with Crippen LogP contribution in [-0.4, -0.2) is 96.7 Å². The van der Waals surface area contributed by atoms with Crippen LogP contribution in [-0.2, 0) is 65.4 Å². The number of rotatable bonds is 73. The molecule has 0 heterocycles. The Morgan fingerprint density at radius 3 is 0.844 bits per heavy atom. The molecule has 0 aliphatic rings. The van der Waals surface area contributed by atoms with Gasteiger partial charge in [-0.25, -0.2) is 9.13 Å². The maximum absolute atomic E-state index is 13.1. The second-order valence-electron chi connectivity index (χ2n) is 25.9. The van der Waals surface area contributed by atoms with Crippen LogP contribution in [0.5, 0.6) is 0 Å². The van der Waals surface area contributed by atoms with Crippen LogP contribution in [0.1, 0.15) is 349 Å². The first-order valence-electron chi connectivity index (χ1n) is 38.5. The molecule has 0 rings (SSSR count). The van der Waals surface area contributed by atoms with E-state index in [1.807, 2.05) is 0 Å². The summed E-state index contributed by atoms with van der Waals surface area (Å²) >= 11 is 0. The summed E-state index contributed by atoms with van der Waals surface area (Å²) in [6, 6.07) is 0. The lowest BCUT2D eigenvalue weighted by Crippen LogP contribution is -2.30. The molecule has 0 amide bonds. The number of ether oxygens (including phenoxy) is 4. The number of phosphoric ester groups is 2. The van der Waals surface area contributed by atoms with E-state index in [9.17, 15) is 43.2 Å². The van der Waals surface area contributed by atoms with E-state index < -0.39 is 97.5 Å². The third-order valence-electron chi connectivity index (χ3n) is 16.5. The van der Waals surface area contributed by atoms with Gasteiger partial charge in [0.05, 0.1) is 26.4 Å². The second kappa shape index (κ2) is 70.2. The molecule has 0 fully saturated rings. The summed E-state index contributed by atoms with van der Waals surface area (Å²) in [6.07, 6.45) is 67.9. The molecule has 17 nitrogen and oxygen atoms in total. The van der Waals surface area contributed by atoms with Gasteiger partial charge in [0.2, 0.25) is 0 Å². The first kappa shape index (κ1) is 92.8. The van der Waals surface area contributed by atoms with Gasteiger partial charge in [0.1, 0.15) is 19.3 Å². The highest BCUT2D eigenvalue weighted by Gasteiger charge is 2.30. The van der Waals surface area contributed by atoms with Crippen LogP contribution >= 0.6 is 15.6 Å². The molecule has 0 spiro atoms. The zero-order chi connectivity index (χ0) is 70.4. The van der Waals surface area contributed by atoms with Crippen LogP contribution in [0.25, 0.3) is 0 Å². The number of allylic oxidation sites excluding steroid dienone is 10. The molecule has 0 aliphatic carbocycles. The van der Waals surface area contributed by atoms with E-state index in [0.29, 0.717) is 25.7 Å². The minimum absolute atomic E-state index is 0.0845. The third kappa shape index (κ3) is 69.2. The van der Waals surface area contributed by atoms with E-state index >= 15 is 0 Å². The largest absolute Gasteiger partial charge is 0.472 e. The molecular formula is C77H140O17P2. The molecular weight excluding hydrogens is 1260 g/mol. The standard InChI is InChI=1S/C77H140O17P2/c1-5-9-13-17-21-25-29-31-33-34-35-36-38-40-44-46-50-54-58-62-75(80)88-68-73(94-77(82)64-60-56-52-48-42-28-24-20-16-12-8-4)70-92-96(85,86)90-66-71(78)65-89-95(83,84)91-69-72(93-76(81)63-59-55-51-47-41-27-23-19-15-11-7-3)67-87-74(79)61-57-53-49-45-43-39-37-32-30-26-22-18-14-10-6-2/h19-21,23-25,31,33,35-36,71-73,78H,5-18,22,26-30,32,34,37-70H2,1-4H3,(H,83,84)(H,85,86)/b23-19-,24-20-,25-21-,33-31-,36-35-. The van der Waals surface area contributed by atoms with Crippen molar-refractivity contribution in [2.24, 2.45) is 0 Å². The minimum atomic E-state index is -4.97. The molecule has 3 N–H and O–H groups in total. The SMILES string of the molecule is CCCC/C=C\CCCCCCCC(=O)OC(COC(=O)CCCCCCCC/C=C\C/C=C\C/C=C\CCCCC)COP(=O)(O)OCC(O)COP(=O)(O)OCC(COC(=O)CCCCCCCCCCCCCCCCC)OC(=O)CCCCCCC/C=C\CCCC. The van der Waals surface area contributed by atoms with Gasteiger partial charge in [-0.15, -0.1) is 0 Å². The smallest absolute Gasteiger partial charge is 0.462 e. The predicted molar refractivity (Wildman–Crippen MR) is 390 cm³/mol. The van der Waals surface area contributed by atoms with Crippen molar-refractivity contribution in [3.8, 4) is 0 Å². The maximum Gasteiger partial charge on any atom is 0.472 e. The van der Waals surface area contributed by atoms with Gasteiger partial charge in [0.15, 0.2) is 12.2 Å². The molecule has 0 aromatic heterocycles. The monoisotopic (exact) mass is 1400 g/mol. The molecule has 0 bridgehead atoms. The van der Waals surface area contributed by atoms with Crippen molar-refractivity contribution < 1.29 is 80.2 Å². The molecule has 5 atom stereocenters. The van der Waals surface area contributed by atoms with Gasteiger partial charge in [0.25, 0.3) is 0 Å². The van der Waals surface area contributed by atoms with Gasteiger partial charge < -0.3 is 33.8 Å². The Balaban J connectivity index is 5.25. The van der Waals surface area contributed by atoms with Crippen molar-refractivity contribution in [3.63, 3.8) is 0 Å². The first-order valence-corrected chi connectivity index (χ1v) is 41.5. The van der Waals surface area contributed by atoms with Crippen LogP contribution in [0.4, 0.5) is 0 Å². The Morgan fingerprint density at radius 2 is 0.521 bits per heavy atom. The number of esters is 4. The first-order chi connectivity index (χ1) is 46.7. The number of phosphoric acid groups is 2. The van der Waals surface area contributed by atoms with E-state index in [1.165, 1.54) is 116 Å². The summed E-state index contributed by atoms with van der Waals surface area (Å²) in [5.41, 5.74) is 0. The average Bonchev–Trinajstić information content (AvgIpc) is 1.13. The molecule has 0 saturated carbocycles. The summed E-state index contributed by atoms with van der Waals surface area (Å²) in [7, 11) is -9.93. The number of carbonyl (C=O) groups excluding carboxylic acids is 4. The molecule has 0 radical (unpaired) electrons. The number of hydrogen-bond donors (Lipinski definition) is 3. The fourth-order valence-corrected chi connectivity index (χ4v) is 12.1. The van der Waals surface area contributed by atoms with Crippen molar-refractivity contribution in [1.29, 1.82) is 0 Å². The minimum Gasteiger partial charge on any atom is -0.462 e. The zero-order valence-electron chi connectivity index (χ0n) is 61.1. The van der Waals surface area contributed by atoms with Crippen LogP contribution in [0.15, 0.2) is 60.8 Å². The van der Waals surface area contributed by atoms with E-state index in [1.54, 1.807) is 0 Å². The Hall–Kier alpha value is -3.24. The highest BCUT2D eigenvalue weighted by molar-refractivity contribution is 7.47. The molecule has 19 heteroatoms. The van der Waals surface area contributed by atoms with Gasteiger partial charge in [-0.2, -0.15) is 0 Å². The van der Waals surface area contributed by atoms with E-state index in [4.69, 9.17) is 37.0 Å². The molecule has 96 heavy (non-hydrogen) atoms. The topological polar surface area (TPSA) is 237 Å². The summed E-state index contributed by atoms with van der Waals surface area (Å²) < 4.78 is 68.4. The lowest BCUT2D eigenvalue weighted by Gasteiger charge is -2.21. The maximum atomic E-state index is 13.1. The fourth-order valence-electron chi connectivity index (χ4n) is 10.5. The van der Waals surface area contributed by atoms with Crippen molar-refractivity contribution in [2.75, 3.05) is 39.6 Å². The summed E-state index contributed by atoms with van der Waals surface area (Å²) in [5, 5.41) is 10.6. The lowest BCUT2D eigenvalue weighted by atomic mass is 10.0. The Kier molecular flexibility index (Phi) is 67.8. The van der Waals surface area contributed by atoms with Crippen molar-refractivity contribution in [3.05, 3.63) is 60.8 Å². The van der Waals surface area contributed by atoms with Gasteiger partial charge in [0, 0.05) is 25.7 Å². The van der Waals surface area contributed by atoms with Crippen molar-refractivity contribution in [2.45, 2.75) is 367 Å². The summed E-state index contributed by atoms with van der Waals surface area (Å²) in [6.45, 7) is 4.78. The molecule has 0 saturated heterocycles. The van der Waals surface area contributed by atoms with E-state index in [-0.39, 0.29) is 25.7 Å². The number of hydrogen-bond acceptors (Lipinski definition) is 15. The predicted octanol–water partition coefficient (Wildman–Crippen LogP) is 21.9. The third-order valence-corrected chi connectivity index (χ3v) is 18.4. The molecule has 0 aromatic carbocycles. The molecule has 5 unspecified atom stereocenters. The quantitative estimate of drug-likeness (QED) is 0.0169. The number of aliphatic hydroxyl groups excluding tert-OH is 1. The average molecular weight is 1400 g/mol. The normalized spacial score (nSPS) is 14.3. The Bertz CT molecular complexity index is 2060. The van der Waals surface area contributed by atoms with Gasteiger partial charge in [-0.1, -0.05) is 281 Å². The van der Waals surface area contributed by atoms with Crippen LogP contribution in [0, 0.1) is 0 Å². The Labute approximate surface area is 584 Å². The van der Waals surface area contributed by atoms with E-state index in [0.717, 1.165) is 154 Å². The summed E-state index contributed by atoms with van der Waals surface area (Å²) in [5.74, 6) is -2.18. The van der Waals surface area contributed by atoms with Crippen LogP contribution in [0.2, 0.25) is 0 Å². The second-order valence-corrected chi connectivity index (χ2v) is 28.9. The van der Waals surface area contributed by atoms with E-state index in [2.05, 4.69) is 88.5 Å². The zero-order valence-corrected chi connectivity index (χ0v) is 62.8. The van der Waals surface area contributed by atoms with Gasteiger partial charge in [-0.3, -0.25) is 37.3 Å².